The standard InChI is InChI=1S/C11H18F3N3/c12-11(13,14)10(8-15)9-16-4-7-17-5-2-1-3-6-17/h10,16H,1-7,9H2. The molecule has 1 rings (SSSR count). The van der Waals surface area contributed by atoms with E-state index in [1.807, 2.05) is 0 Å². The smallest absolute Gasteiger partial charge is 0.314 e. The van der Waals surface area contributed by atoms with Crippen molar-refractivity contribution in [3.8, 4) is 6.07 Å². The molecule has 0 aromatic carbocycles. The monoisotopic (exact) mass is 249 g/mol. The highest BCUT2D eigenvalue weighted by atomic mass is 19.4. The Kier molecular flexibility index (Phi) is 5.72. The summed E-state index contributed by atoms with van der Waals surface area (Å²) in [5.41, 5.74) is 0. The van der Waals surface area contributed by atoms with Crippen molar-refractivity contribution in [2.75, 3.05) is 32.7 Å². The summed E-state index contributed by atoms with van der Waals surface area (Å²) >= 11 is 0. The second-order valence-corrected chi connectivity index (χ2v) is 4.33. The van der Waals surface area contributed by atoms with Gasteiger partial charge < -0.3 is 10.2 Å². The molecule has 17 heavy (non-hydrogen) atoms. The Bertz CT molecular complexity index is 254. The molecule has 1 fully saturated rings. The lowest BCUT2D eigenvalue weighted by Gasteiger charge is -2.26. The third-order valence-electron chi connectivity index (χ3n) is 2.95. The van der Waals surface area contributed by atoms with E-state index < -0.39 is 12.1 Å². The predicted molar refractivity (Wildman–Crippen MR) is 58.3 cm³/mol. The molecule has 0 spiro atoms. The van der Waals surface area contributed by atoms with Crippen molar-refractivity contribution in [3.05, 3.63) is 0 Å². The van der Waals surface area contributed by atoms with E-state index in [2.05, 4.69) is 10.2 Å². The van der Waals surface area contributed by atoms with Gasteiger partial charge in [0.25, 0.3) is 0 Å². The van der Waals surface area contributed by atoms with Gasteiger partial charge in [0.15, 0.2) is 5.92 Å². The first-order valence-corrected chi connectivity index (χ1v) is 5.93. The fourth-order valence-corrected chi connectivity index (χ4v) is 1.90. The Labute approximate surface area is 99.6 Å². The van der Waals surface area contributed by atoms with Crippen molar-refractivity contribution < 1.29 is 13.2 Å². The molecule has 3 nitrogen and oxygen atoms in total. The molecule has 1 unspecified atom stereocenters. The van der Waals surface area contributed by atoms with Crippen molar-refractivity contribution in [1.29, 1.82) is 5.26 Å². The summed E-state index contributed by atoms with van der Waals surface area (Å²) in [5.74, 6) is -1.90. The van der Waals surface area contributed by atoms with Crippen LogP contribution in [0.15, 0.2) is 0 Å². The summed E-state index contributed by atoms with van der Waals surface area (Å²) in [5, 5.41) is 11.1. The number of nitrogens with zero attached hydrogens (tertiary/aromatic N) is 2. The van der Waals surface area contributed by atoms with Crippen molar-refractivity contribution in [1.82, 2.24) is 10.2 Å². The first-order chi connectivity index (χ1) is 8.04. The van der Waals surface area contributed by atoms with Crippen molar-refractivity contribution >= 4 is 0 Å². The normalized spacial score (nSPS) is 19.9. The number of halogens is 3. The van der Waals surface area contributed by atoms with Gasteiger partial charge in [-0.05, 0) is 25.9 Å². The van der Waals surface area contributed by atoms with Crippen molar-refractivity contribution in [2.24, 2.45) is 5.92 Å². The molecule has 1 saturated heterocycles. The second-order valence-electron chi connectivity index (χ2n) is 4.33. The number of rotatable bonds is 5. The maximum absolute atomic E-state index is 12.2. The molecule has 6 heteroatoms. The van der Waals surface area contributed by atoms with Gasteiger partial charge in [-0.3, -0.25) is 0 Å². The van der Waals surface area contributed by atoms with E-state index >= 15 is 0 Å². The lowest BCUT2D eigenvalue weighted by atomic mass is 10.1. The minimum absolute atomic E-state index is 0.312. The number of alkyl halides is 3. The minimum atomic E-state index is -4.42. The molecule has 0 bridgehead atoms. The molecule has 0 amide bonds. The van der Waals surface area contributed by atoms with E-state index in [9.17, 15) is 13.2 Å². The summed E-state index contributed by atoms with van der Waals surface area (Å²) in [6.07, 6.45) is -0.839. The quantitative estimate of drug-likeness (QED) is 0.755. The van der Waals surface area contributed by atoms with Gasteiger partial charge in [0, 0.05) is 19.6 Å². The molecule has 1 N–H and O–H groups in total. The molecule has 1 atom stereocenters. The van der Waals surface area contributed by atoms with E-state index in [1.54, 1.807) is 0 Å². The summed E-state index contributed by atoms with van der Waals surface area (Å²) < 4.78 is 36.7. The Hall–Kier alpha value is -0.800. The fourth-order valence-electron chi connectivity index (χ4n) is 1.90. The number of hydrogen-bond donors (Lipinski definition) is 1. The van der Waals surface area contributed by atoms with E-state index in [4.69, 9.17) is 5.26 Å². The second kappa shape index (κ2) is 6.82. The Morgan fingerprint density at radius 2 is 1.88 bits per heavy atom. The maximum Gasteiger partial charge on any atom is 0.405 e. The molecule has 1 aliphatic rings. The van der Waals surface area contributed by atoms with Crippen LogP contribution in [0.25, 0.3) is 0 Å². The Morgan fingerprint density at radius 3 is 2.41 bits per heavy atom. The number of nitriles is 1. The minimum Gasteiger partial charge on any atom is -0.314 e. The van der Waals surface area contributed by atoms with E-state index in [-0.39, 0.29) is 6.54 Å². The van der Waals surface area contributed by atoms with Crippen LogP contribution in [0.2, 0.25) is 0 Å². The molecule has 0 aromatic rings. The van der Waals surface area contributed by atoms with Crippen LogP contribution >= 0.6 is 0 Å². The zero-order valence-electron chi connectivity index (χ0n) is 9.76. The van der Waals surface area contributed by atoms with Crippen LogP contribution in [0.5, 0.6) is 0 Å². The third-order valence-corrected chi connectivity index (χ3v) is 2.95. The summed E-state index contributed by atoms with van der Waals surface area (Å²) in [7, 11) is 0. The van der Waals surface area contributed by atoms with Crippen LogP contribution in [-0.2, 0) is 0 Å². The molecule has 98 valence electrons. The SMILES string of the molecule is N#CC(CNCCN1CCCCC1)C(F)(F)F. The largest absolute Gasteiger partial charge is 0.405 e. The van der Waals surface area contributed by atoms with Crippen molar-refractivity contribution in [2.45, 2.75) is 25.4 Å². The highest BCUT2D eigenvalue weighted by Gasteiger charge is 2.39. The van der Waals surface area contributed by atoms with Gasteiger partial charge in [0.05, 0.1) is 6.07 Å². The molecule has 0 aromatic heterocycles. The lowest BCUT2D eigenvalue weighted by Crippen LogP contribution is -2.39. The fraction of sp³-hybridized carbons (Fsp3) is 0.909. The highest BCUT2D eigenvalue weighted by molar-refractivity contribution is 4.89. The van der Waals surface area contributed by atoms with Crippen molar-refractivity contribution in [3.63, 3.8) is 0 Å². The average molecular weight is 249 g/mol. The van der Waals surface area contributed by atoms with Gasteiger partial charge in [-0.25, -0.2) is 0 Å². The summed E-state index contributed by atoms with van der Waals surface area (Å²) in [6, 6.07) is 1.28. The zero-order chi connectivity index (χ0) is 12.7. The number of nitrogens with one attached hydrogen (secondary N) is 1. The van der Waals surface area contributed by atoms with Gasteiger partial charge in [0.1, 0.15) is 0 Å². The number of hydrogen-bond acceptors (Lipinski definition) is 3. The van der Waals surface area contributed by atoms with E-state index in [0.717, 1.165) is 19.6 Å². The third kappa shape index (κ3) is 5.37. The molecule has 1 aliphatic heterocycles. The van der Waals surface area contributed by atoms with Gasteiger partial charge in [-0.2, -0.15) is 18.4 Å². The predicted octanol–water partition coefficient (Wildman–Crippen LogP) is 1.76. The highest BCUT2D eigenvalue weighted by Crippen LogP contribution is 2.24. The van der Waals surface area contributed by atoms with Gasteiger partial charge in [0.2, 0.25) is 0 Å². The van der Waals surface area contributed by atoms with Gasteiger partial charge in [-0.1, -0.05) is 6.42 Å². The van der Waals surface area contributed by atoms with E-state index in [0.29, 0.717) is 6.54 Å². The zero-order valence-corrected chi connectivity index (χ0v) is 9.76. The van der Waals surface area contributed by atoms with Crippen LogP contribution in [0, 0.1) is 17.2 Å². The average Bonchev–Trinajstić information content (AvgIpc) is 2.28. The van der Waals surface area contributed by atoms with Crippen LogP contribution in [0.4, 0.5) is 13.2 Å². The first kappa shape index (κ1) is 14.3. The first-order valence-electron chi connectivity index (χ1n) is 5.93. The molecular weight excluding hydrogens is 231 g/mol. The van der Waals surface area contributed by atoms with Gasteiger partial charge >= 0.3 is 6.18 Å². The number of piperidine rings is 1. The van der Waals surface area contributed by atoms with Crippen LogP contribution in [0.1, 0.15) is 19.3 Å². The molecule has 0 saturated carbocycles. The molecule has 0 radical (unpaired) electrons. The summed E-state index contributed by atoms with van der Waals surface area (Å²) in [4.78, 5) is 2.24. The summed E-state index contributed by atoms with van der Waals surface area (Å²) in [6.45, 7) is 3.02. The van der Waals surface area contributed by atoms with Crippen LogP contribution in [-0.4, -0.2) is 43.8 Å². The van der Waals surface area contributed by atoms with Crippen LogP contribution in [0.3, 0.4) is 0 Å². The molecular formula is C11H18F3N3. The Balaban J connectivity index is 2.12. The Morgan fingerprint density at radius 1 is 1.24 bits per heavy atom. The van der Waals surface area contributed by atoms with Crippen LogP contribution < -0.4 is 5.32 Å². The molecule has 0 aliphatic carbocycles. The number of likely N-dealkylation sites (tertiary alicyclic amines) is 1. The van der Waals surface area contributed by atoms with E-state index in [1.165, 1.54) is 25.3 Å². The topological polar surface area (TPSA) is 39.1 Å². The lowest BCUT2D eigenvalue weighted by molar-refractivity contribution is -0.157. The van der Waals surface area contributed by atoms with Gasteiger partial charge in [-0.15, -0.1) is 0 Å². The maximum atomic E-state index is 12.2. The molecule has 1 heterocycles.